The zero-order valence-corrected chi connectivity index (χ0v) is 14.1. The predicted molar refractivity (Wildman–Crippen MR) is 89.1 cm³/mol. The van der Waals surface area contributed by atoms with Gasteiger partial charge in [-0.1, -0.05) is 20.8 Å². The van der Waals surface area contributed by atoms with Gasteiger partial charge < -0.3 is 9.32 Å². The smallest absolute Gasteiger partial charge is 0.208 e. The molecule has 1 aliphatic rings. The highest BCUT2D eigenvalue weighted by Gasteiger charge is 2.22. The summed E-state index contributed by atoms with van der Waals surface area (Å²) in [6.45, 7) is 10.9. The fraction of sp³-hybridized carbons (Fsp3) is 0.500. The first-order valence-corrected chi connectivity index (χ1v) is 8.10. The van der Waals surface area contributed by atoms with Crippen LogP contribution < -0.4 is 4.90 Å². The number of oxazole rings is 1. The van der Waals surface area contributed by atoms with Crippen LogP contribution in [0, 0.1) is 5.82 Å². The summed E-state index contributed by atoms with van der Waals surface area (Å²) < 4.78 is 18.9. The van der Waals surface area contributed by atoms with Crippen molar-refractivity contribution in [3.05, 3.63) is 47.9 Å². The minimum Gasteiger partial charge on any atom is -0.444 e. The van der Waals surface area contributed by atoms with Crippen LogP contribution in [0.1, 0.15) is 32.4 Å². The SMILES string of the molecule is CC(C)(C)c1cnc(CN2CCN(c3ccc(F)cc3)CC2)o1. The molecular formula is C18H24FN3O. The van der Waals surface area contributed by atoms with Crippen molar-refractivity contribution in [1.29, 1.82) is 0 Å². The lowest BCUT2D eigenvalue weighted by Crippen LogP contribution is -2.46. The van der Waals surface area contributed by atoms with Gasteiger partial charge in [0.25, 0.3) is 0 Å². The maximum Gasteiger partial charge on any atom is 0.208 e. The highest BCUT2D eigenvalue weighted by molar-refractivity contribution is 5.46. The number of piperazine rings is 1. The summed E-state index contributed by atoms with van der Waals surface area (Å²) in [5.74, 6) is 1.52. The van der Waals surface area contributed by atoms with Crippen LogP contribution in [0.25, 0.3) is 0 Å². The van der Waals surface area contributed by atoms with Gasteiger partial charge in [0.15, 0.2) is 0 Å². The largest absolute Gasteiger partial charge is 0.444 e. The molecule has 1 fully saturated rings. The third-order valence-corrected chi connectivity index (χ3v) is 4.22. The van der Waals surface area contributed by atoms with Crippen molar-refractivity contribution in [3.63, 3.8) is 0 Å². The van der Waals surface area contributed by atoms with E-state index in [9.17, 15) is 4.39 Å². The molecule has 5 heteroatoms. The fourth-order valence-electron chi connectivity index (χ4n) is 2.74. The summed E-state index contributed by atoms with van der Waals surface area (Å²) in [4.78, 5) is 9.03. The molecule has 0 radical (unpaired) electrons. The molecule has 0 spiro atoms. The van der Waals surface area contributed by atoms with Crippen molar-refractivity contribution in [2.24, 2.45) is 0 Å². The van der Waals surface area contributed by atoms with Gasteiger partial charge in [-0.15, -0.1) is 0 Å². The average molecular weight is 317 g/mol. The molecule has 3 rings (SSSR count). The Hall–Kier alpha value is -1.88. The van der Waals surface area contributed by atoms with Crippen molar-refractivity contribution in [3.8, 4) is 0 Å². The Morgan fingerprint density at radius 2 is 1.74 bits per heavy atom. The Kier molecular flexibility index (Phi) is 4.39. The van der Waals surface area contributed by atoms with Gasteiger partial charge in [-0.2, -0.15) is 0 Å². The van der Waals surface area contributed by atoms with Crippen LogP contribution in [-0.2, 0) is 12.0 Å². The molecule has 2 heterocycles. The monoisotopic (exact) mass is 317 g/mol. The third kappa shape index (κ3) is 3.91. The van der Waals surface area contributed by atoms with Gasteiger partial charge in [0.05, 0.1) is 12.7 Å². The zero-order valence-electron chi connectivity index (χ0n) is 14.1. The average Bonchev–Trinajstić information content (AvgIpc) is 2.98. The standard InChI is InChI=1S/C18H24FN3O/c1-18(2,3)16-12-20-17(23-16)13-21-8-10-22(11-9-21)15-6-4-14(19)5-7-15/h4-7,12H,8-11,13H2,1-3H3. The van der Waals surface area contributed by atoms with Crippen molar-refractivity contribution in [2.45, 2.75) is 32.7 Å². The van der Waals surface area contributed by atoms with E-state index >= 15 is 0 Å². The fourth-order valence-corrected chi connectivity index (χ4v) is 2.74. The van der Waals surface area contributed by atoms with Crippen molar-refractivity contribution in [2.75, 3.05) is 31.1 Å². The van der Waals surface area contributed by atoms with Crippen molar-refractivity contribution in [1.82, 2.24) is 9.88 Å². The molecule has 0 amide bonds. The van der Waals surface area contributed by atoms with Gasteiger partial charge in [-0.3, -0.25) is 4.90 Å². The van der Waals surface area contributed by atoms with Crippen LogP contribution in [0.5, 0.6) is 0 Å². The maximum atomic E-state index is 13.0. The third-order valence-electron chi connectivity index (χ3n) is 4.22. The first-order valence-electron chi connectivity index (χ1n) is 8.10. The molecule has 0 unspecified atom stereocenters. The topological polar surface area (TPSA) is 32.5 Å². The summed E-state index contributed by atoms with van der Waals surface area (Å²) >= 11 is 0. The minimum atomic E-state index is -0.189. The van der Waals surface area contributed by atoms with E-state index in [0.717, 1.165) is 50.1 Å². The van der Waals surface area contributed by atoms with E-state index in [1.807, 2.05) is 18.3 Å². The molecule has 23 heavy (non-hydrogen) atoms. The van der Waals surface area contributed by atoms with E-state index in [-0.39, 0.29) is 11.2 Å². The molecule has 1 saturated heterocycles. The summed E-state index contributed by atoms with van der Waals surface area (Å²) in [6.07, 6.45) is 1.84. The van der Waals surface area contributed by atoms with Gasteiger partial charge in [0.1, 0.15) is 11.6 Å². The van der Waals surface area contributed by atoms with Gasteiger partial charge in [0, 0.05) is 37.3 Å². The number of halogens is 1. The Morgan fingerprint density at radius 3 is 2.30 bits per heavy atom. The van der Waals surface area contributed by atoms with Crippen LogP contribution >= 0.6 is 0 Å². The molecule has 1 aliphatic heterocycles. The predicted octanol–water partition coefficient (Wildman–Crippen LogP) is 3.43. The zero-order chi connectivity index (χ0) is 16.4. The number of aromatic nitrogens is 1. The molecular weight excluding hydrogens is 293 g/mol. The van der Waals surface area contributed by atoms with E-state index in [1.165, 1.54) is 12.1 Å². The van der Waals surface area contributed by atoms with Gasteiger partial charge in [-0.25, -0.2) is 9.37 Å². The molecule has 0 aliphatic carbocycles. The number of benzene rings is 1. The van der Waals surface area contributed by atoms with Crippen molar-refractivity contribution < 1.29 is 8.81 Å². The Labute approximate surface area is 136 Å². The van der Waals surface area contributed by atoms with Crippen LogP contribution in [-0.4, -0.2) is 36.1 Å². The lowest BCUT2D eigenvalue weighted by Gasteiger charge is -2.35. The minimum absolute atomic E-state index is 0.00741. The summed E-state index contributed by atoms with van der Waals surface area (Å²) in [5.41, 5.74) is 1.07. The highest BCUT2D eigenvalue weighted by atomic mass is 19.1. The lowest BCUT2D eigenvalue weighted by atomic mass is 9.94. The number of hydrogen-bond donors (Lipinski definition) is 0. The van der Waals surface area contributed by atoms with Gasteiger partial charge in [0.2, 0.25) is 5.89 Å². The van der Waals surface area contributed by atoms with Crippen LogP contribution in [0.15, 0.2) is 34.9 Å². The number of rotatable bonds is 3. The number of hydrogen-bond acceptors (Lipinski definition) is 4. The highest BCUT2D eigenvalue weighted by Crippen LogP contribution is 2.23. The van der Waals surface area contributed by atoms with Crippen LogP contribution in [0.4, 0.5) is 10.1 Å². The van der Waals surface area contributed by atoms with Gasteiger partial charge in [-0.05, 0) is 24.3 Å². The first-order chi connectivity index (χ1) is 10.9. The van der Waals surface area contributed by atoms with E-state index in [1.54, 1.807) is 0 Å². The summed E-state index contributed by atoms with van der Waals surface area (Å²) in [6, 6.07) is 6.72. The molecule has 4 nitrogen and oxygen atoms in total. The van der Waals surface area contributed by atoms with Gasteiger partial charge >= 0.3 is 0 Å². The van der Waals surface area contributed by atoms with E-state index in [4.69, 9.17) is 4.42 Å². The molecule has 2 aromatic rings. The first kappa shape index (κ1) is 16.0. The number of anilines is 1. The molecule has 0 saturated carbocycles. The van der Waals surface area contributed by atoms with Crippen LogP contribution in [0.2, 0.25) is 0 Å². The van der Waals surface area contributed by atoms with E-state index in [2.05, 4.69) is 35.6 Å². The molecule has 1 aromatic heterocycles. The quantitative estimate of drug-likeness (QED) is 0.868. The van der Waals surface area contributed by atoms with E-state index in [0.29, 0.717) is 0 Å². The Bertz CT molecular complexity index is 637. The Balaban J connectivity index is 1.55. The van der Waals surface area contributed by atoms with Crippen molar-refractivity contribution >= 4 is 5.69 Å². The molecule has 0 bridgehead atoms. The summed E-state index contributed by atoms with van der Waals surface area (Å²) in [5, 5.41) is 0. The Morgan fingerprint density at radius 1 is 1.09 bits per heavy atom. The molecule has 0 N–H and O–H groups in total. The summed E-state index contributed by atoms with van der Waals surface area (Å²) in [7, 11) is 0. The van der Waals surface area contributed by atoms with E-state index < -0.39 is 0 Å². The molecule has 124 valence electrons. The second-order valence-corrected chi connectivity index (χ2v) is 7.11. The second kappa shape index (κ2) is 6.32. The number of nitrogens with zero attached hydrogens (tertiary/aromatic N) is 3. The molecule has 0 atom stereocenters. The lowest BCUT2D eigenvalue weighted by molar-refractivity contribution is 0.221. The molecule has 1 aromatic carbocycles. The maximum absolute atomic E-state index is 13.0. The second-order valence-electron chi connectivity index (χ2n) is 7.11. The normalized spacial score (nSPS) is 16.8. The van der Waals surface area contributed by atoms with Crippen LogP contribution in [0.3, 0.4) is 0 Å².